The molecule has 5 heteroatoms. The maximum absolute atomic E-state index is 11.7. The van der Waals surface area contributed by atoms with Gasteiger partial charge >= 0.3 is 5.97 Å². The number of aliphatic imine (C=N–C) groups is 1. The van der Waals surface area contributed by atoms with Gasteiger partial charge in [-0.1, -0.05) is 38.8 Å². The second kappa shape index (κ2) is 9.14. The Bertz CT molecular complexity index is 733. The molecule has 1 heterocycles. The number of ether oxygens (including phenoxy) is 1. The second-order valence-electron chi connectivity index (χ2n) is 7.00. The second-order valence-corrected chi connectivity index (χ2v) is 8.14. The van der Waals surface area contributed by atoms with Crippen LogP contribution in [0.2, 0.25) is 0 Å². The SMILES string of the molecule is CCOC(=O)C(CC)=N/C=C(\N)C#CC1C=CC2=C(C1)C(C)(C)CCS2. The number of carbonyl (C=O) groups is 1. The number of carbonyl (C=O) groups excluding carboxylic acids is 1. The number of nitrogens with two attached hydrogens (primary N) is 1. The van der Waals surface area contributed by atoms with Gasteiger partial charge in [0.05, 0.1) is 12.8 Å². The Hall–Kier alpha value is -1.93. The van der Waals surface area contributed by atoms with E-state index < -0.39 is 5.97 Å². The van der Waals surface area contributed by atoms with Crippen LogP contribution in [0.4, 0.5) is 0 Å². The quantitative estimate of drug-likeness (QED) is 0.456. The van der Waals surface area contributed by atoms with E-state index >= 15 is 0 Å². The highest BCUT2D eigenvalue weighted by Gasteiger charge is 2.32. The zero-order valence-corrected chi connectivity index (χ0v) is 16.9. The van der Waals surface area contributed by atoms with E-state index in [1.54, 1.807) is 6.92 Å². The molecule has 0 bridgehead atoms. The van der Waals surface area contributed by atoms with Crippen molar-refractivity contribution in [1.29, 1.82) is 0 Å². The van der Waals surface area contributed by atoms with Crippen molar-refractivity contribution in [3.8, 4) is 11.8 Å². The summed E-state index contributed by atoms with van der Waals surface area (Å²) in [6.07, 6.45) is 8.46. The lowest BCUT2D eigenvalue weighted by Gasteiger charge is -2.36. The molecule has 0 saturated heterocycles. The highest BCUT2D eigenvalue weighted by atomic mass is 32.2. The molecule has 140 valence electrons. The maximum Gasteiger partial charge on any atom is 0.352 e. The van der Waals surface area contributed by atoms with Gasteiger partial charge < -0.3 is 10.5 Å². The minimum absolute atomic E-state index is 0.165. The van der Waals surface area contributed by atoms with Crippen LogP contribution in [0.15, 0.2) is 39.5 Å². The van der Waals surface area contributed by atoms with Gasteiger partial charge in [-0.2, -0.15) is 0 Å². The number of nitrogens with zero attached hydrogens (tertiary/aromatic N) is 1. The van der Waals surface area contributed by atoms with E-state index in [0.29, 0.717) is 24.4 Å². The predicted molar refractivity (Wildman–Crippen MR) is 110 cm³/mol. The first-order valence-electron chi connectivity index (χ1n) is 9.13. The molecule has 0 radical (unpaired) electrons. The number of thioether (sulfide) groups is 1. The summed E-state index contributed by atoms with van der Waals surface area (Å²) in [5.74, 6) is 7.15. The molecule has 0 spiro atoms. The number of esters is 1. The van der Waals surface area contributed by atoms with Gasteiger partial charge in [-0.25, -0.2) is 4.79 Å². The van der Waals surface area contributed by atoms with Crippen LogP contribution in [0.5, 0.6) is 0 Å². The Morgan fingerprint density at radius 2 is 2.27 bits per heavy atom. The predicted octanol–water partition coefficient (Wildman–Crippen LogP) is 4.20. The fourth-order valence-corrected chi connectivity index (χ4v) is 4.50. The monoisotopic (exact) mass is 372 g/mol. The summed E-state index contributed by atoms with van der Waals surface area (Å²) >= 11 is 1.94. The lowest BCUT2D eigenvalue weighted by atomic mass is 9.75. The summed E-state index contributed by atoms with van der Waals surface area (Å²) < 4.78 is 4.96. The van der Waals surface area contributed by atoms with Gasteiger partial charge in [-0.05, 0) is 48.8 Å². The van der Waals surface area contributed by atoms with Crippen molar-refractivity contribution in [1.82, 2.24) is 0 Å². The molecule has 1 atom stereocenters. The Kier molecular flexibility index (Phi) is 7.16. The van der Waals surface area contributed by atoms with E-state index in [2.05, 4.69) is 42.8 Å². The Balaban J connectivity index is 2.06. The first-order valence-corrected chi connectivity index (χ1v) is 10.1. The molecular formula is C21H28N2O2S. The van der Waals surface area contributed by atoms with Crippen LogP contribution in [0.1, 0.15) is 47.0 Å². The summed E-state index contributed by atoms with van der Waals surface area (Å²) in [6.45, 7) is 8.59. The summed E-state index contributed by atoms with van der Waals surface area (Å²) in [5, 5.41) is 0. The highest BCUT2D eigenvalue weighted by Crippen LogP contribution is 2.47. The molecule has 0 amide bonds. The summed E-state index contributed by atoms with van der Waals surface area (Å²) in [7, 11) is 0. The van der Waals surface area contributed by atoms with Gasteiger partial charge in [0.2, 0.25) is 0 Å². The molecule has 2 rings (SSSR count). The number of rotatable bonds is 4. The molecule has 2 N–H and O–H groups in total. The minimum atomic E-state index is -0.404. The maximum atomic E-state index is 11.7. The summed E-state index contributed by atoms with van der Waals surface area (Å²) in [5.41, 5.74) is 8.39. The molecular weight excluding hydrogens is 344 g/mol. The van der Waals surface area contributed by atoms with Gasteiger partial charge in [-0.3, -0.25) is 4.99 Å². The largest absolute Gasteiger partial charge is 0.462 e. The third-order valence-electron chi connectivity index (χ3n) is 4.61. The Morgan fingerprint density at radius 3 is 2.96 bits per heavy atom. The van der Waals surface area contributed by atoms with Crippen LogP contribution >= 0.6 is 11.8 Å². The molecule has 0 fully saturated rings. The zero-order valence-electron chi connectivity index (χ0n) is 16.1. The fourth-order valence-electron chi connectivity index (χ4n) is 2.96. The van der Waals surface area contributed by atoms with Crippen molar-refractivity contribution >= 4 is 23.4 Å². The van der Waals surface area contributed by atoms with E-state index in [0.717, 1.165) is 6.42 Å². The lowest BCUT2D eigenvalue weighted by molar-refractivity contribution is -0.135. The number of allylic oxidation sites excluding steroid dienone is 4. The van der Waals surface area contributed by atoms with E-state index in [-0.39, 0.29) is 11.3 Å². The molecule has 1 aliphatic carbocycles. The molecule has 26 heavy (non-hydrogen) atoms. The van der Waals surface area contributed by atoms with E-state index in [4.69, 9.17) is 10.5 Å². The number of hydrogen-bond acceptors (Lipinski definition) is 5. The van der Waals surface area contributed by atoms with Crippen molar-refractivity contribution in [3.63, 3.8) is 0 Å². The standard InChI is InChI=1S/C21H28N2O2S/c1-5-18(20(24)25-6-2)23-14-16(22)9-7-15-8-10-19-17(13-15)21(3,4)11-12-26-19/h8,10,14-15H,5-6,11-13,22H2,1-4H3/b16-14-,23-18?. The third kappa shape index (κ3) is 5.28. The van der Waals surface area contributed by atoms with Crippen molar-refractivity contribution in [2.24, 2.45) is 22.1 Å². The Labute approximate surface area is 161 Å². The third-order valence-corrected chi connectivity index (χ3v) is 5.71. The van der Waals surface area contributed by atoms with Crippen LogP contribution in [0, 0.1) is 23.2 Å². The molecule has 2 aliphatic rings. The first kappa shape index (κ1) is 20.4. The molecule has 1 aliphatic heterocycles. The smallest absolute Gasteiger partial charge is 0.352 e. The van der Waals surface area contributed by atoms with Crippen LogP contribution in [-0.2, 0) is 9.53 Å². The Morgan fingerprint density at radius 1 is 1.50 bits per heavy atom. The zero-order chi connectivity index (χ0) is 19.2. The first-order chi connectivity index (χ1) is 12.4. The fraction of sp³-hybridized carbons (Fsp3) is 0.524. The highest BCUT2D eigenvalue weighted by molar-refractivity contribution is 8.03. The normalized spacial score (nSPS) is 22.4. The van der Waals surface area contributed by atoms with Crippen molar-refractivity contribution in [2.45, 2.75) is 47.0 Å². The van der Waals surface area contributed by atoms with Crippen molar-refractivity contribution in [2.75, 3.05) is 12.4 Å². The van der Waals surface area contributed by atoms with Crippen molar-refractivity contribution < 1.29 is 9.53 Å². The average Bonchev–Trinajstić information content (AvgIpc) is 2.61. The summed E-state index contributed by atoms with van der Waals surface area (Å²) in [6, 6.07) is 0. The molecule has 0 aromatic carbocycles. The molecule has 1 unspecified atom stereocenters. The molecule has 4 nitrogen and oxygen atoms in total. The number of hydrogen-bond donors (Lipinski definition) is 1. The average molecular weight is 373 g/mol. The molecule has 0 aromatic rings. The minimum Gasteiger partial charge on any atom is -0.462 e. The van der Waals surface area contributed by atoms with Crippen LogP contribution in [0.25, 0.3) is 0 Å². The van der Waals surface area contributed by atoms with E-state index in [1.807, 2.05) is 18.7 Å². The van der Waals surface area contributed by atoms with Gasteiger partial charge in [0.25, 0.3) is 0 Å². The summed E-state index contributed by atoms with van der Waals surface area (Å²) in [4.78, 5) is 17.3. The van der Waals surface area contributed by atoms with Crippen molar-refractivity contribution in [3.05, 3.63) is 34.5 Å². The van der Waals surface area contributed by atoms with Crippen LogP contribution in [0.3, 0.4) is 0 Å². The van der Waals surface area contributed by atoms with Crippen LogP contribution < -0.4 is 5.73 Å². The molecule has 0 aromatic heterocycles. The van der Waals surface area contributed by atoms with Gasteiger partial charge in [-0.15, -0.1) is 11.8 Å². The van der Waals surface area contributed by atoms with E-state index in [9.17, 15) is 4.79 Å². The molecule has 0 saturated carbocycles. The van der Waals surface area contributed by atoms with Gasteiger partial charge in [0.1, 0.15) is 11.4 Å². The van der Waals surface area contributed by atoms with Gasteiger partial charge in [0.15, 0.2) is 0 Å². The van der Waals surface area contributed by atoms with Gasteiger partial charge in [0, 0.05) is 10.8 Å². The van der Waals surface area contributed by atoms with Crippen LogP contribution in [-0.4, -0.2) is 24.0 Å². The lowest BCUT2D eigenvalue weighted by Crippen LogP contribution is -2.23. The van der Waals surface area contributed by atoms with E-state index in [1.165, 1.54) is 28.9 Å². The topological polar surface area (TPSA) is 64.7 Å².